The smallest absolute Gasteiger partial charge is 0.300 e. The topological polar surface area (TPSA) is 68.4 Å². The van der Waals surface area contributed by atoms with Crippen LogP contribution in [0.2, 0.25) is 26.2 Å². The highest BCUT2D eigenvalue weighted by Gasteiger charge is 2.25. The zero-order valence-electron chi connectivity index (χ0n) is 8.44. The van der Waals surface area contributed by atoms with Crippen molar-refractivity contribution in [2.45, 2.75) is 26.2 Å². The van der Waals surface area contributed by atoms with Gasteiger partial charge in [-0.2, -0.15) is 0 Å². The van der Waals surface area contributed by atoms with Crippen LogP contribution < -0.4 is 0 Å². The standard InChI is InChI=1S/C4H16O4Si4.H2O.H4Si/c1-9-5-10(2)7-12(4)8-11(3)6-9;;/h9-12H,1-4H3;1H2;1H4. The minimum absolute atomic E-state index is 0. The molecule has 1 rings (SSSR count). The van der Waals surface area contributed by atoms with E-state index in [1.165, 1.54) is 0 Å². The van der Waals surface area contributed by atoms with Crippen molar-refractivity contribution in [3.63, 3.8) is 0 Å². The molecule has 0 aliphatic carbocycles. The summed E-state index contributed by atoms with van der Waals surface area (Å²) in [6.45, 7) is 8.16. The minimum atomic E-state index is -1.42. The molecule has 5 nitrogen and oxygen atoms in total. The van der Waals surface area contributed by atoms with Crippen molar-refractivity contribution in [1.82, 2.24) is 0 Å². The second-order valence-corrected chi connectivity index (χ2v) is 11.7. The van der Waals surface area contributed by atoms with Crippen LogP contribution in [0, 0.1) is 0 Å². The van der Waals surface area contributed by atoms with E-state index >= 15 is 0 Å². The van der Waals surface area contributed by atoms with Gasteiger partial charge in [0.15, 0.2) is 0 Å². The van der Waals surface area contributed by atoms with E-state index in [1.807, 2.05) is 26.2 Å². The summed E-state index contributed by atoms with van der Waals surface area (Å²) in [7, 11) is -5.66. The van der Waals surface area contributed by atoms with Crippen LogP contribution in [0.15, 0.2) is 0 Å². The predicted octanol–water partition coefficient (Wildman–Crippen LogP) is -2.81. The van der Waals surface area contributed by atoms with Crippen LogP contribution in [0.4, 0.5) is 0 Å². The van der Waals surface area contributed by atoms with Gasteiger partial charge >= 0.3 is 0 Å². The highest BCUT2D eigenvalue weighted by molar-refractivity contribution is 6.72. The molecule has 0 atom stereocenters. The van der Waals surface area contributed by atoms with Gasteiger partial charge in [-0.1, -0.05) is 0 Å². The van der Waals surface area contributed by atoms with Gasteiger partial charge in [0.1, 0.15) is 0 Å². The van der Waals surface area contributed by atoms with E-state index < -0.39 is 37.1 Å². The lowest BCUT2D eigenvalue weighted by atomic mass is 11.9. The Morgan fingerprint density at radius 2 is 0.714 bits per heavy atom. The van der Waals surface area contributed by atoms with E-state index in [0.29, 0.717) is 0 Å². The Morgan fingerprint density at radius 1 is 0.571 bits per heavy atom. The number of rotatable bonds is 0. The molecule has 0 radical (unpaired) electrons. The first-order valence-electron chi connectivity index (χ1n) is 4.20. The lowest BCUT2D eigenvalue weighted by Crippen LogP contribution is -2.44. The van der Waals surface area contributed by atoms with Crippen LogP contribution >= 0.6 is 0 Å². The zero-order valence-corrected chi connectivity index (χ0v) is 13.1. The van der Waals surface area contributed by atoms with Crippen molar-refractivity contribution in [3.05, 3.63) is 0 Å². The Bertz CT molecular complexity index is 110. The fourth-order valence-electron chi connectivity index (χ4n) is 1.21. The molecule has 0 aromatic carbocycles. The maximum atomic E-state index is 5.65. The Kier molecular flexibility index (Phi) is 9.98. The molecule has 0 bridgehead atoms. The predicted molar refractivity (Wildman–Crippen MR) is 71.3 cm³/mol. The van der Waals surface area contributed by atoms with Crippen molar-refractivity contribution in [3.8, 4) is 0 Å². The minimum Gasteiger partial charge on any atom is -0.420 e. The molecule has 1 saturated heterocycles. The number of hydrogen-bond acceptors (Lipinski definition) is 4. The molecule has 88 valence electrons. The van der Waals surface area contributed by atoms with Crippen LogP contribution in [0.3, 0.4) is 0 Å². The summed E-state index contributed by atoms with van der Waals surface area (Å²) in [5.41, 5.74) is 0. The van der Waals surface area contributed by atoms with Crippen molar-refractivity contribution < 1.29 is 21.9 Å². The monoisotopic (exact) mass is 290 g/mol. The Labute approximate surface area is 96.4 Å². The van der Waals surface area contributed by atoms with Crippen LogP contribution in [0.5, 0.6) is 0 Å². The van der Waals surface area contributed by atoms with Crippen molar-refractivity contribution >= 4 is 48.1 Å². The van der Waals surface area contributed by atoms with E-state index in [4.69, 9.17) is 16.5 Å². The third-order valence-corrected chi connectivity index (χ3v) is 13.8. The first-order valence-corrected chi connectivity index (χ1v) is 12.6. The van der Waals surface area contributed by atoms with Crippen LogP contribution in [-0.4, -0.2) is 53.6 Å². The van der Waals surface area contributed by atoms with Gasteiger partial charge in [0.2, 0.25) is 0 Å². The summed E-state index contributed by atoms with van der Waals surface area (Å²) >= 11 is 0. The Morgan fingerprint density at radius 3 is 0.857 bits per heavy atom. The van der Waals surface area contributed by atoms with E-state index in [2.05, 4.69) is 0 Å². The summed E-state index contributed by atoms with van der Waals surface area (Å²) < 4.78 is 22.6. The molecule has 0 saturated carbocycles. The molecule has 2 N–H and O–H groups in total. The summed E-state index contributed by atoms with van der Waals surface area (Å²) in [5, 5.41) is 0. The molecule has 0 spiro atoms. The van der Waals surface area contributed by atoms with Gasteiger partial charge < -0.3 is 21.9 Å². The zero-order chi connectivity index (χ0) is 9.14. The molecule has 1 fully saturated rings. The molecule has 0 unspecified atom stereocenters. The molecular formula is C4H22O5Si5. The van der Waals surface area contributed by atoms with Gasteiger partial charge in [-0.25, -0.2) is 0 Å². The largest absolute Gasteiger partial charge is 0.420 e. The normalized spacial score (nSPS) is 38.6. The molecule has 10 heteroatoms. The lowest BCUT2D eigenvalue weighted by Gasteiger charge is -2.28. The average Bonchev–Trinajstić information content (AvgIpc) is 1.81. The van der Waals surface area contributed by atoms with Gasteiger partial charge in [-0.3, -0.25) is 0 Å². The van der Waals surface area contributed by atoms with E-state index in [0.717, 1.165) is 0 Å². The summed E-state index contributed by atoms with van der Waals surface area (Å²) in [6.07, 6.45) is 0. The SMILES string of the molecule is C[SiH]1O[SiH](C)O[SiH](C)O[SiH](C)O1.O.[SiH4]. The summed E-state index contributed by atoms with van der Waals surface area (Å²) in [5.74, 6) is 0. The van der Waals surface area contributed by atoms with E-state index in [1.54, 1.807) is 0 Å². The van der Waals surface area contributed by atoms with Crippen molar-refractivity contribution in [2.24, 2.45) is 0 Å². The van der Waals surface area contributed by atoms with Gasteiger partial charge in [0.05, 0.1) is 0 Å². The third kappa shape index (κ3) is 6.38. The van der Waals surface area contributed by atoms with Crippen LogP contribution in [0.25, 0.3) is 0 Å². The molecule has 1 heterocycles. The Balaban J connectivity index is 0. The first kappa shape index (κ1) is 17.3. The summed E-state index contributed by atoms with van der Waals surface area (Å²) in [6, 6.07) is 0. The van der Waals surface area contributed by atoms with Crippen molar-refractivity contribution in [1.29, 1.82) is 0 Å². The maximum Gasteiger partial charge on any atom is 0.300 e. The lowest BCUT2D eigenvalue weighted by molar-refractivity contribution is 0.295. The third-order valence-electron chi connectivity index (χ3n) is 1.53. The van der Waals surface area contributed by atoms with Crippen LogP contribution in [-0.2, 0) is 16.5 Å². The molecule has 0 amide bonds. The fraction of sp³-hybridized carbons (Fsp3) is 1.00. The molecular weight excluding hydrogens is 268 g/mol. The Hall–Kier alpha value is 0.884. The average molecular weight is 291 g/mol. The summed E-state index contributed by atoms with van der Waals surface area (Å²) in [4.78, 5) is 0. The molecule has 14 heavy (non-hydrogen) atoms. The molecule has 0 aromatic heterocycles. The van der Waals surface area contributed by atoms with E-state index in [9.17, 15) is 0 Å². The van der Waals surface area contributed by atoms with Crippen molar-refractivity contribution in [2.75, 3.05) is 0 Å². The van der Waals surface area contributed by atoms with Gasteiger partial charge in [-0.15, -0.1) is 0 Å². The molecule has 1 aliphatic rings. The quantitative estimate of drug-likeness (QED) is 0.452. The maximum absolute atomic E-state index is 5.65. The second-order valence-electron chi connectivity index (χ2n) is 2.81. The second kappa shape index (κ2) is 8.09. The van der Waals surface area contributed by atoms with Gasteiger partial charge in [0.25, 0.3) is 37.1 Å². The fourth-order valence-corrected chi connectivity index (χ4v) is 13.2. The highest BCUT2D eigenvalue weighted by atomic mass is 28.5. The van der Waals surface area contributed by atoms with Gasteiger partial charge in [-0.05, 0) is 37.2 Å². The first-order chi connectivity index (χ1) is 5.58. The molecule has 1 aliphatic heterocycles. The van der Waals surface area contributed by atoms with Crippen LogP contribution in [0.1, 0.15) is 0 Å². The highest BCUT2D eigenvalue weighted by Crippen LogP contribution is 2.06. The molecule has 0 aromatic rings. The number of hydrogen-bond donors (Lipinski definition) is 0. The van der Waals surface area contributed by atoms with Gasteiger partial charge in [0, 0.05) is 0 Å². The van der Waals surface area contributed by atoms with E-state index in [-0.39, 0.29) is 16.4 Å².